The van der Waals surface area contributed by atoms with Crippen molar-refractivity contribution < 1.29 is 19.5 Å². The zero-order valence-corrected chi connectivity index (χ0v) is 19.9. The first-order chi connectivity index (χ1) is 15.7. The largest absolute Gasteiger partial charge is 0.478 e. The van der Waals surface area contributed by atoms with Gasteiger partial charge in [-0.3, -0.25) is 14.5 Å². The van der Waals surface area contributed by atoms with E-state index in [-0.39, 0.29) is 39.0 Å². The van der Waals surface area contributed by atoms with E-state index in [1.165, 1.54) is 12.1 Å². The van der Waals surface area contributed by atoms with Gasteiger partial charge in [-0.15, -0.1) is 0 Å². The third-order valence-electron chi connectivity index (χ3n) is 6.18. The maximum atomic E-state index is 13.1. The summed E-state index contributed by atoms with van der Waals surface area (Å²) in [5.41, 5.74) is 0.490. The highest BCUT2D eigenvalue weighted by Gasteiger charge is 2.34. The number of benzene rings is 2. The van der Waals surface area contributed by atoms with E-state index < -0.39 is 5.97 Å². The fourth-order valence-corrected chi connectivity index (χ4v) is 4.81. The lowest BCUT2D eigenvalue weighted by Crippen LogP contribution is -2.52. The van der Waals surface area contributed by atoms with E-state index in [1.807, 2.05) is 4.90 Å². The molecule has 4 rings (SSSR count). The molecule has 2 aromatic rings. The summed E-state index contributed by atoms with van der Waals surface area (Å²) in [6.45, 7) is 3.62. The molecular formula is C23H22Cl3N3O4. The number of amides is 2. The van der Waals surface area contributed by atoms with Crippen LogP contribution in [0.25, 0.3) is 0 Å². The molecule has 2 aliphatic heterocycles. The normalized spacial score (nSPS) is 19.1. The van der Waals surface area contributed by atoms with Crippen LogP contribution < -0.4 is 0 Å². The highest BCUT2D eigenvalue weighted by Crippen LogP contribution is 2.28. The van der Waals surface area contributed by atoms with Gasteiger partial charge in [0.05, 0.1) is 21.2 Å². The second-order valence-electron chi connectivity index (χ2n) is 8.15. The Morgan fingerprint density at radius 3 is 2.00 bits per heavy atom. The first-order valence-electron chi connectivity index (χ1n) is 10.5. The van der Waals surface area contributed by atoms with Crippen molar-refractivity contribution in [3.63, 3.8) is 0 Å². The van der Waals surface area contributed by atoms with Gasteiger partial charge in [0.15, 0.2) is 0 Å². The molecule has 1 atom stereocenters. The van der Waals surface area contributed by atoms with Crippen LogP contribution in [0.1, 0.15) is 37.5 Å². The number of hydrogen-bond acceptors (Lipinski definition) is 4. The lowest BCUT2D eigenvalue weighted by Gasteiger charge is -2.38. The number of aromatic carboxylic acids is 1. The molecule has 2 aromatic carbocycles. The van der Waals surface area contributed by atoms with E-state index in [1.54, 1.807) is 29.2 Å². The number of carbonyl (C=O) groups excluding carboxylic acids is 2. The van der Waals surface area contributed by atoms with Crippen molar-refractivity contribution >= 4 is 52.6 Å². The van der Waals surface area contributed by atoms with Gasteiger partial charge in [0, 0.05) is 55.9 Å². The standard InChI is InChI=1S/C23H22Cl3N3O4/c24-15-3-1-14(2-4-15)21(30)28-9-7-27(8-10-28)16-5-6-29(13-16)22(31)17-11-19(25)20(26)12-18(17)23(32)33/h1-4,11-12,16H,5-10,13H2,(H,32,33). The number of carboxylic acid groups (broad SMARTS) is 1. The van der Waals surface area contributed by atoms with Crippen molar-refractivity contribution in [2.45, 2.75) is 12.5 Å². The van der Waals surface area contributed by atoms with Crippen molar-refractivity contribution in [3.05, 3.63) is 68.2 Å². The molecule has 0 radical (unpaired) electrons. The molecular weight excluding hydrogens is 489 g/mol. The molecule has 2 fully saturated rings. The second-order valence-corrected chi connectivity index (χ2v) is 9.40. The SMILES string of the molecule is O=C(O)c1cc(Cl)c(Cl)cc1C(=O)N1CCC(N2CCN(C(=O)c3ccc(Cl)cc3)CC2)C1. The highest BCUT2D eigenvalue weighted by atomic mass is 35.5. The van der Waals surface area contributed by atoms with E-state index in [0.717, 1.165) is 6.42 Å². The Morgan fingerprint density at radius 1 is 0.788 bits per heavy atom. The molecule has 0 aromatic heterocycles. The van der Waals surface area contributed by atoms with Crippen LogP contribution in [-0.4, -0.2) is 82.9 Å². The first-order valence-corrected chi connectivity index (χ1v) is 11.7. The maximum absolute atomic E-state index is 13.1. The lowest BCUT2D eigenvalue weighted by atomic mass is 10.1. The van der Waals surface area contributed by atoms with Crippen LogP contribution in [0.4, 0.5) is 0 Å². The summed E-state index contributed by atoms with van der Waals surface area (Å²) >= 11 is 17.9. The van der Waals surface area contributed by atoms with Crippen molar-refractivity contribution in [3.8, 4) is 0 Å². The molecule has 33 heavy (non-hydrogen) atoms. The summed E-state index contributed by atoms with van der Waals surface area (Å²) in [7, 11) is 0. The molecule has 0 saturated carbocycles. The average Bonchev–Trinajstić information content (AvgIpc) is 3.30. The van der Waals surface area contributed by atoms with Gasteiger partial charge in [0.1, 0.15) is 0 Å². The summed E-state index contributed by atoms with van der Waals surface area (Å²) in [5, 5.41) is 10.3. The van der Waals surface area contributed by atoms with Gasteiger partial charge < -0.3 is 14.9 Å². The summed E-state index contributed by atoms with van der Waals surface area (Å²) in [4.78, 5) is 43.2. The van der Waals surface area contributed by atoms with Gasteiger partial charge in [-0.2, -0.15) is 0 Å². The minimum Gasteiger partial charge on any atom is -0.478 e. The Hall–Kier alpha value is -2.32. The molecule has 7 nitrogen and oxygen atoms in total. The average molecular weight is 511 g/mol. The number of rotatable bonds is 4. The van der Waals surface area contributed by atoms with Gasteiger partial charge in [-0.25, -0.2) is 4.79 Å². The number of piperazine rings is 1. The quantitative estimate of drug-likeness (QED) is 0.672. The van der Waals surface area contributed by atoms with Crippen molar-refractivity contribution in [1.82, 2.24) is 14.7 Å². The molecule has 10 heteroatoms. The topological polar surface area (TPSA) is 81.2 Å². The molecule has 0 spiro atoms. The Labute approximate surface area is 206 Å². The van der Waals surface area contributed by atoms with E-state index in [9.17, 15) is 19.5 Å². The minimum absolute atomic E-state index is 0.0182. The van der Waals surface area contributed by atoms with E-state index in [4.69, 9.17) is 34.8 Å². The summed E-state index contributed by atoms with van der Waals surface area (Å²) in [6.07, 6.45) is 0.778. The molecule has 1 unspecified atom stereocenters. The Morgan fingerprint density at radius 2 is 1.39 bits per heavy atom. The van der Waals surface area contributed by atoms with Crippen LogP contribution in [0.5, 0.6) is 0 Å². The molecule has 2 aliphatic rings. The van der Waals surface area contributed by atoms with Crippen LogP contribution >= 0.6 is 34.8 Å². The number of likely N-dealkylation sites (tertiary alicyclic amines) is 1. The Balaban J connectivity index is 1.37. The van der Waals surface area contributed by atoms with E-state index in [0.29, 0.717) is 49.9 Å². The third-order valence-corrected chi connectivity index (χ3v) is 7.16. The Bertz CT molecular complexity index is 1090. The second kappa shape index (κ2) is 9.89. The minimum atomic E-state index is -1.23. The fourth-order valence-electron chi connectivity index (χ4n) is 4.36. The number of halogens is 3. The van der Waals surface area contributed by atoms with Gasteiger partial charge in [-0.05, 0) is 42.8 Å². The van der Waals surface area contributed by atoms with E-state index in [2.05, 4.69) is 4.90 Å². The van der Waals surface area contributed by atoms with E-state index >= 15 is 0 Å². The molecule has 0 aliphatic carbocycles. The summed E-state index contributed by atoms with van der Waals surface area (Å²) in [5.74, 6) is -1.62. The maximum Gasteiger partial charge on any atom is 0.336 e. The van der Waals surface area contributed by atoms with Crippen LogP contribution in [0.15, 0.2) is 36.4 Å². The Kier molecular flexibility index (Phi) is 7.14. The fraction of sp³-hybridized carbons (Fsp3) is 0.348. The smallest absolute Gasteiger partial charge is 0.336 e. The third kappa shape index (κ3) is 5.11. The monoisotopic (exact) mass is 509 g/mol. The molecule has 1 N–H and O–H groups in total. The lowest BCUT2D eigenvalue weighted by molar-refractivity contribution is 0.0566. The summed E-state index contributed by atoms with van der Waals surface area (Å²) < 4.78 is 0. The van der Waals surface area contributed by atoms with Crippen LogP contribution in [0.2, 0.25) is 15.1 Å². The predicted octanol–water partition coefficient (Wildman–Crippen LogP) is 4.02. The van der Waals surface area contributed by atoms with Crippen molar-refractivity contribution in [1.29, 1.82) is 0 Å². The molecule has 2 amide bonds. The van der Waals surface area contributed by atoms with Gasteiger partial charge >= 0.3 is 5.97 Å². The number of nitrogens with zero attached hydrogens (tertiary/aromatic N) is 3. The number of hydrogen-bond donors (Lipinski definition) is 1. The molecule has 0 bridgehead atoms. The summed E-state index contributed by atoms with van der Waals surface area (Å²) in [6, 6.07) is 9.56. The van der Waals surface area contributed by atoms with Crippen LogP contribution in [0, 0.1) is 0 Å². The molecule has 174 valence electrons. The van der Waals surface area contributed by atoms with Crippen LogP contribution in [0.3, 0.4) is 0 Å². The van der Waals surface area contributed by atoms with Gasteiger partial charge in [0.2, 0.25) is 0 Å². The number of carbonyl (C=O) groups is 3. The highest BCUT2D eigenvalue weighted by molar-refractivity contribution is 6.42. The number of carboxylic acids is 1. The molecule has 2 heterocycles. The van der Waals surface area contributed by atoms with Crippen LogP contribution in [-0.2, 0) is 0 Å². The zero-order valence-electron chi connectivity index (χ0n) is 17.6. The molecule has 2 saturated heterocycles. The van der Waals surface area contributed by atoms with Gasteiger partial charge in [-0.1, -0.05) is 34.8 Å². The predicted molar refractivity (Wildman–Crippen MR) is 127 cm³/mol. The van der Waals surface area contributed by atoms with Crippen molar-refractivity contribution in [2.75, 3.05) is 39.3 Å². The first kappa shape index (κ1) is 23.8. The zero-order chi connectivity index (χ0) is 23.7. The van der Waals surface area contributed by atoms with Crippen molar-refractivity contribution in [2.24, 2.45) is 0 Å². The van der Waals surface area contributed by atoms with Gasteiger partial charge in [0.25, 0.3) is 11.8 Å².